The lowest BCUT2D eigenvalue weighted by molar-refractivity contribution is 0.378. The fraction of sp³-hybridized carbons (Fsp3) is 0.571. The molecule has 4 N–H and O–H groups in total. The van der Waals surface area contributed by atoms with Crippen LogP contribution in [0.1, 0.15) is 11.3 Å². The van der Waals surface area contributed by atoms with E-state index in [1.165, 1.54) is 0 Å². The van der Waals surface area contributed by atoms with Crippen molar-refractivity contribution in [3.05, 3.63) is 21.7 Å². The van der Waals surface area contributed by atoms with Gasteiger partial charge >= 0.3 is 0 Å². The zero-order valence-corrected chi connectivity index (χ0v) is 6.64. The smallest absolute Gasteiger partial charge is 0.283 e. The zero-order chi connectivity index (χ0) is 7.68. The Balaban J connectivity index is 0.000000720. The molecule has 0 aliphatic carbocycles. The van der Waals surface area contributed by atoms with Crippen LogP contribution in [0.4, 0.5) is 0 Å². The molecule has 0 unspecified atom stereocenters. The van der Waals surface area contributed by atoms with E-state index in [2.05, 4.69) is 10.5 Å². The molecule has 5 heteroatoms. The third kappa shape index (κ3) is 1.41. The molecule has 1 aliphatic rings. The van der Waals surface area contributed by atoms with Gasteiger partial charge in [-0.25, -0.2) is 0 Å². The van der Waals surface area contributed by atoms with Crippen LogP contribution in [0.3, 0.4) is 0 Å². The molecule has 12 heavy (non-hydrogen) atoms. The summed E-state index contributed by atoms with van der Waals surface area (Å²) in [7, 11) is 0. The summed E-state index contributed by atoms with van der Waals surface area (Å²) in [5.41, 5.74) is 0.749. The topological polar surface area (TPSA) is 89.5 Å². The van der Waals surface area contributed by atoms with Gasteiger partial charge in [-0.05, 0) is 13.0 Å². The minimum Gasteiger partial charge on any atom is -0.412 e. The number of aromatic nitrogens is 1. The minimum atomic E-state index is -0.0660. The lowest BCUT2D eigenvalue weighted by Crippen LogP contribution is -2.17. The highest BCUT2D eigenvalue weighted by molar-refractivity contribution is 5.15. The maximum atomic E-state index is 11.0. The highest BCUT2D eigenvalue weighted by atomic mass is 16.5. The number of hydrogen-bond acceptors (Lipinski definition) is 3. The minimum absolute atomic E-state index is 0. The number of aromatic amines is 1. The lowest BCUT2D eigenvalue weighted by atomic mass is 10.2. The third-order valence-corrected chi connectivity index (χ3v) is 1.96. The van der Waals surface area contributed by atoms with Crippen molar-refractivity contribution in [3.63, 3.8) is 0 Å². The molecular formula is C7H12N2O3. The molecule has 0 radical (unpaired) electrons. The Morgan fingerprint density at radius 1 is 1.25 bits per heavy atom. The molecule has 0 saturated heterocycles. The second kappa shape index (κ2) is 3.55. The first kappa shape index (κ1) is 9.02. The Kier molecular flexibility index (Phi) is 2.67. The van der Waals surface area contributed by atoms with Crippen LogP contribution in [0, 0.1) is 0 Å². The Hall–Kier alpha value is -1.07. The molecule has 5 nitrogen and oxygen atoms in total. The lowest BCUT2D eigenvalue weighted by Gasteiger charge is -1.92. The Morgan fingerprint density at radius 2 is 2.00 bits per heavy atom. The summed E-state index contributed by atoms with van der Waals surface area (Å²) in [4.78, 5) is 11.0. The van der Waals surface area contributed by atoms with Gasteiger partial charge in [0.1, 0.15) is 5.76 Å². The largest absolute Gasteiger partial charge is 0.412 e. The van der Waals surface area contributed by atoms with Gasteiger partial charge in [0.15, 0.2) is 0 Å². The Bertz CT molecular complexity index is 302. The van der Waals surface area contributed by atoms with Crippen molar-refractivity contribution in [2.45, 2.75) is 12.8 Å². The standard InChI is InChI=1S/C7H10N2O2.H2O/c10-7-5-1-3-8-4-2-6(5)11-9-7;/h8H,1-4H2,(H,9,10);1H2. The van der Waals surface area contributed by atoms with Crippen LogP contribution in [0.2, 0.25) is 0 Å². The van der Waals surface area contributed by atoms with Gasteiger partial charge in [-0.3, -0.25) is 4.79 Å². The molecule has 0 fully saturated rings. The second-order valence-electron chi connectivity index (χ2n) is 2.68. The number of nitrogens with one attached hydrogen (secondary N) is 2. The quantitative estimate of drug-likeness (QED) is 0.516. The third-order valence-electron chi connectivity index (χ3n) is 1.96. The van der Waals surface area contributed by atoms with Crippen LogP contribution in [0.5, 0.6) is 0 Å². The second-order valence-corrected chi connectivity index (χ2v) is 2.68. The van der Waals surface area contributed by atoms with E-state index < -0.39 is 0 Å². The number of fused-ring (bicyclic) bond motifs is 1. The van der Waals surface area contributed by atoms with Gasteiger partial charge in [0.05, 0.1) is 5.56 Å². The maximum Gasteiger partial charge on any atom is 0.283 e. The van der Waals surface area contributed by atoms with Gasteiger partial charge in [-0.1, -0.05) is 0 Å². The van der Waals surface area contributed by atoms with Gasteiger partial charge in [-0.15, -0.1) is 0 Å². The van der Waals surface area contributed by atoms with Crippen LogP contribution in [0.15, 0.2) is 9.32 Å². The van der Waals surface area contributed by atoms with Crippen molar-refractivity contribution in [3.8, 4) is 0 Å². The highest BCUT2D eigenvalue weighted by Crippen LogP contribution is 2.06. The number of H-pyrrole nitrogens is 1. The van der Waals surface area contributed by atoms with E-state index in [1.807, 2.05) is 0 Å². The van der Waals surface area contributed by atoms with Crippen LogP contribution in [-0.2, 0) is 12.8 Å². The number of rotatable bonds is 0. The molecule has 0 atom stereocenters. The molecule has 2 rings (SSSR count). The normalized spacial score (nSPS) is 16.0. The van der Waals surface area contributed by atoms with Crippen LogP contribution >= 0.6 is 0 Å². The first-order valence-electron chi connectivity index (χ1n) is 3.78. The first-order chi connectivity index (χ1) is 5.38. The van der Waals surface area contributed by atoms with E-state index in [0.717, 1.165) is 37.3 Å². The van der Waals surface area contributed by atoms with Crippen molar-refractivity contribution in [2.75, 3.05) is 13.1 Å². The summed E-state index contributed by atoms with van der Waals surface area (Å²) in [6.45, 7) is 1.77. The molecule has 1 aliphatic heterocycles. The van der Waals surface area contributed by atoms with Crippen molar-refractivity contribution in [1.82, 2.24) is 10.5 Å². The Labute approximate surface area is 69.0 Å². The molecule has 1 aromatic rings. The average Bonchev–Trinajstić information content (AvgIpc) is 2.25. The highest BCUT2D eigenvalue weighted by Gasteiger charge is 2.14. The summed E-state index contributed by atoms with van der Waals surface area (Å²) in [5, 5.41) is 5.54. The van der Waals surface area contributed by atoms with Crippen molar-refractivity contribution >= 4 is 0 Å². The van der Waals surface area contributed by atoms with E-state index in [0.29, 0.717) is 0 Å². The van der Waals surface area contributed by atoms with Gasteiger partial charge in [-0.2, -0.15) is 5.16 Å². The van der Waals surface area contributed by atoms with Crippen molar-refractivity contribution in [1.29, 1.82) is 0 Å². The van der Waals surface area contributed by atoms with E-state index in [1.54, 1.807) is 0 Å². The molecule has 2 heterocycles. The molecule has 0 saturated carbocycles. The summed E-state index contributed by atoms with van der Waals surface area (Å²) in [6.07, 6.45) is 1.59. The van der Waals surface area contributed by atoms with Crippen molar-refractivity contribution < 1.29 is 10.00 Å². The average molecular weight is 172 g/mol. The predicted molar refractivity (Wildman–Crippen MR) is 43.2 cm³/mol. The van der Waals surface area contributed by atoms with Gasteiger partial charge < -0.3 is 15.3 Å². The van der Waals surface area contributed by atoms with Crippen LogP contribution < -0.4 is 10.9 Å². The predicted octanol–water partition coefficient (Wildman–Crippen LogP) is -1.17. The zero-order valence-electron chi connectivity index (χ0n) is 6.64. The van der Waals surface area contributed by atoms with E-state index in [4.69, 9.17) is 4.52 Å². The van der Waals surface area contributed by atoms with Gasteiger partial charge in [0.2, 0.25) is 0 Å². The molecule has 0 bridgehead atoms. The van der Waals surface area contributed by atoms with Crippen molar-refractivity contribution in [2.24, 2.45) is 0 Å². The molecule has 0 aromatic carbocycles. The van der Waals surface area contributed by atoms with Crippen LogP contribution in [-0.4, -0.2) is 23.7 Å². The molecular weight excluding hydrogens is 160 g/mol. The summed E-state index contributed by atoms with van der Waals surface area (Å²) >= 11 is 0. The maximum absolute atomic E-state index is 11.0. The molecule has 68 valence electrons. The SMILES string of the molecule is O.O=c1[nH]oc2c1CCNCC2. The van der Waals surface area contributed by atoms with Gasteiger partial charge in [0, 0.05) is 13.0 Å². The molecule has 1 aromatic heterocycles. The summed E-state index contributed by atoms with van der Waals surface area (Å²) in [6, 6.07) is 0. The van der Waals surface area contributed by atoms with E-state index in [-0.39, 0.29) is 11.0 Å². The fourth-order valence-electron chi connectivity index (χ4n) is 1.35. The van der Waals surface area contributed by atoms with E-state index >= 15 is 0 Å². The fourth-order valence-corrected chi connectivity index (χ4v) is 1.35. The first-order valence-corrected chi connectivity index (χ1v) is 3.78. The number of hydrogen-bond donors (Lipinski definition) is 2. The molecule has 0 spiro atoms. The summed E-state index contributed by atoms with van der Waals surface area (Å²) in [5.74, 6) is 0.819. The van der Waals surface area contributed by atoms with Crippen LogP contribution in [0.25, 0.3) is 0 Å². The van der Waals surface area contributed by atoms with Gasteiger partial charge in [0.25, 0.3) is 5.56 Å². The summed E-state index contributed by atoms with van der Waals surface area (Å²) < 4.78 is 4.99. The van der Waals surface area contributed by atoms with E-state index in [9.17, 15) is 4.79 Å². The molecule has 0 amide bonds. The monoisotopic (exact) mass is 172 g/mol. The Morgan fingerprint density at radius 3 is 2.83 bits per heavy atom.